The van der Waals surface area contributed by atoms with E-state index in [0.717, 1.165) is 89.9 Å². The number of hydrogen-bond acceptors (Lipinski definition) is 6. The third kappa shape index (κ3) is 59.6. The third-order valence-corrected chi connectivity index (χ3v) is 13.7. The Labute approximate surface area is 453 Å². The number of esters is 3. The zero-order valence-corrected chi connectivity index (χ0v) is 48.4. The average molecular weight is 1020 g/mol. The van der Waals surface area contributed by atoms with Gasteiger partial charge in [0.1, 0.15) is 13.2 Å². The van der Waals surface area contributed by atoms with Gasteiger partial charge in [-0.2, -0.15) is 0 Å². The molecule has 0 aliphatic carbocycles. The molecule has 0 heterocycles. The smallest absolute Gasteiger partial charge is 0.306 e. The molecule has 0 aromatic heterocycles. The van der Waals surface area contributed by atoms with Crippen LogP contribution in [-0.4, -0.2) is 37.2 Å². The van der Waals surface area contributed by atoms with E-state index in [1.165, 1.54) is 186 Å². The molecular weight excluding hydrogens is 901 g/mol. The van der Waals surface area contributed by atoms with Crippen LogP contribution in [-0.2, 0) is 28.6 Å². The normalized spacial score (nSPS) is 12.5. The molecule has 0 N–H and O–H groups in total. The van der Waals surface area contributed by atoms with E-state index in [2.05, 4.69) is 93.7 Å². The van der Waals surface area contributed by atoms with Gasteiger partial charge in [-0.1, -0.05) is 261 Å². The maximum atomic E-state index is 12.9. The molecule has 73 heavy (non-hydrogen) atoms. The SMILES string of the molecule is CCCC/C=C\CCCCCCCC(=O)OCC(COC(=O)CCCCCCCCCCCCCC/C=C\C/C=C\C/C=C\CCCCCCC)OC(=O)CCCCCCCCC/C=C\C/C=C\CCCCC. The Kier molecular flexibility index (Phi) is 58.7. The van der Waals surface area contributed by atoms with Crippen LogP contribution in [0.15, 0.2) is 72.9 Å². The third-order valence-electron chi connectivity index (χ3n) is 13.7. The molecule has 0 saturated heterocycles. The molecule has 422 valence electrons. The zero-order chi connectivity index (χ0) is 52.9. The van der Waals surface area contributed by atoms with Crippen LogP contribution in [0.2, 0.25) is 0 Å². The average Bonchev–Trinajstić information content (AvgIpc) is 3.39. The number of unbranched alkanes of at least 4 members (excludes halogenated alkanes) is 34. The van der Waals surface area contributed by atoms with Crippen LogP contribution < -0.4 is 0 Å². The van der Waals surface area contributed by atoms with Gasteiger partial charge in [0.25, 0.3) is 0 Å². The monoisotopic (exact) mass is 1020 g/mol. The topological polar surface area (TPSA) is 78.9 Å². The van der Waals surface area contributed by atoms with Crippen molar-refractivity contribution in [2.24, 2.45) is 0 Å². The van der Waals surface area contributed by atoms with Gasteiger partial charge in [-0.25, -0.2) is 0 Å². The summed E-state index contributed by atoms with van der Waals surface area (Å²) in [4.78, 5) is 38.2. The minimum atomic E-state index is -0.784. The van der Waals surface area contributed by atoms with Gasteiger partial charge < -0.3 is 14.2 Å². The summed E-state index contributed by atoms with van der Waals surface area (Å²) < 4.78 is 16.9. The summed E-state index contributed by atoms with van der Waals surface area (Å²) in [6.07, 6.45) is 79.1. The molecule has 0 spiro atoms. The molecule has 0 aliphatic heterocycles. The second-order valence-electron chi connectivity index (χ2n) is 21.0. The maximum Gasteiger partial charge on any atom is 0.306 e. The molecule has 1 atom stereocenters. The van der Waals surface area contributed by atoms with Crippen molar-refractivity contribution in [1.29, 1.82) is 0 Å². The lowest BCUT2D eigenvalue weighted by Gasteiger charge is -2.18. The fourth-order valence-corrected chi connectivity index (χ4v) is 8.87. The van der Waals surface area contributed by atoms with Gasteiger partial charge in [-0.3, -0.25) is 14.4 Å². The maximum absolute atomic E-state index is 12.9. The highest BCUT2D eigenvalue weighted by molar-refractivity contribution is 5.71. The van der Waals surface area contributed by atoms with E-state index in [1.807, 2.05) is 0 Å². The van der Waals surface area contributed by atoms with Crippen molar-refractivity contribution in [3.8, 4) is 0 Å². The molecule has 0 fully saturated rings. The van der Waals surface area contributed by atoms with Gasteiger partial charge in [0.15, 0.2) is 6.10 Å². The van der Waals surface area contributed by atoms with Gasteiger partial charge in [0.2, 0.25) is 0 Å². The van der Waals surface area contributed by atoms with E-state index in [9.17, 15) is 14.4 Å². The lowest BCUT2D eigenvalue weighted by atomic mass is 10.0. The van der Waals surface area contributed by atoms with Crippen LogP contribution in [0, 0.1) is 0 Å². The Hall–Kier alpha value is -3.15. The van der Waals surface area contributed by atoms with Crippen LogP contribution in [0.4, 0.5) is 0 Å². The van der Waals surface area contributed by atoms with Gasteiger partial charge in [-0.15, -0.1) is 0 Å². The quantitative estimate of drug-likeness (QED) is 0.0261. The zero-order valence-electron chi connectivity index (χ0n) is 48.4. The molecule has 0 bridgehead atoms. The van der Waals surface area contributed by atoms with E-state index in [-0.39, 0.29) is 31.1 Å². The number of ether oxygens (including phenoxy) is 3. The number of carbonyl (C=O) groups excluding carboxylic acids is 3. The molecule has 0 aromatic carbocycles. The van der Waals surface area contributed by atoms with Crippen LogP contribution in [0.3, 0.4) is 0 Å². The lowest BCUT2D eigenvalue weighted by molar-refractivity contribution is -0.167. The molecular formula is C67H118O6. The van der Waals surface area contributed by atoms with Gasteiger partial charge in [0.05, 0.1) is 0 Å². The molecule has 0 radical (unpaired) electrons. The summed E-state index contributed by atoms with van der Waals surface area (Å²) in [7, 11) is 0. The van der Waals surface area contributed by atoms with Crippen LogP contribution >= 0.6 is 0 Å². The molecule has 0 saturated carbocycles. The Balaban J connectivity index is 4.24. The number of hydrogen-bond donors (Lipinski definition) is 0. The molecule has 0 aliphatic rings. The summed E-state index contributed by atoms with van der Waals surface area (Å²) >= 11 is 0. The van der Waals surface area contributed by atoms with E-state index >= 15 is 0 Å². The lowest BCUT2D eigenvalue weighted by Crippen LogP contribution is -2.30. The van der Waals surface area contributed by atoms with Crippen LogP contribution in [0.1, 0.15) is 316 Å². The van der Waals surface area contributed by atoms with Crippen molar-refractivity contribution in [2.75, 3.05) is 13.2 Å². The Morgan fingerprint density at radius 1 is 0.274 bits per heavy atom. The molecule has 6 heteroatoms. The first kappa shape index (κ1) is 69.8. The first-order chi connectivity index (χ1) is 36.0. The molecule has 0 rings (SSSR count). The number of rotatable bonds is 57. The largest absolute Gasteiger partial charge is 0.462 e. The Bertz CT molecular complexity index is 1360. The van der Waals surface area contributed by atoms with E-state index in [1.54, 1.807) is 0 Å². The van der Waals surface area contributed by atoms with Crippen molar-refractivity contribution in [1.82, 2.24) is 0 Å². The fourth-order valence-electron chi connectivity index (χ4n) is 8.87. The highest BCUT2D eigenvalue weighted by atomic mass is 16.6. The highest BCUT2D eigenvalue weighted by Crippen LogP contribution is 2.16. The molecule has 6 nitrogen and oxygen atoms in total. The van der Waals surface area contributed by atoms with Crippen LogP contribution in [0.25, 0.3) is 0 Å². The summed E-state index contributed by atoms with van der Waals surface area (Å²) in [5, 5.41) is 0. The first-order valence-electron chi connectivity index (χ1n) is 31.4. The highest BCUT2D eigenvalue weighted by Gasteiger charge is 2.19. The minimum Gasteiger partial charge on any atom is -0.462 e. The summed E-state index contributed by atoms with van der Waals surface area (Å²) in [5.41, 5.74) is 0. The second-order valence-corrected chi connectivity index (χ2v) is 21.0. The van der Waals surface area contributed by atoms with Crippen molar-refractivity contribution >= 4 is 17.9 Å². The molecule has 1 unspecified atom stereocenters. The van der Waals surface area contributed by atoms with Crippen molar-refractivity contribution < 1.29 is 28.6 Å². The van der Waals surface area contributed by atoms with Crippen molar-refractivity contribution in [3.05, 3.63) is 72.9 Å². The summed E-state index contributed by atoms with van der Waals surface area (Å²) in [6.45, 7) is 6.58. The van der Waals surface area contributed by atoms with Crippen LogP contribution in [0.5, 0.6) is 0 Å². The van der Waals surface area contributed by atoms with Gasteiger partial charge in [-0.05, 0) is 109 Å². The number of allylic oxidation sites excluding steroid dienone is 12. The number of carbonyl (C=O) groups is 3. The standard InChI is InChI=1S/C67H118O6/c1-4-7-10-13-16-19-22-24-26-28-29-30-31-32-33-34-35-36-37-39-40-42-45-48-51-54-57-60-66(69)72-63-64(62-71-65(68)59-56-53-50-47-44-21-18-15-12-9-6-3)73-67(70)61-58-55-52-49-46-43-41-38-27-25-23-20-17-14-11-8-5-2/h15,17-18,20,22,24-25,27-29,31-32,64H,4-14,16,19,21,23,26,30,33-63H2,1-3H3/b18-15-,20-17-,24-22-,27-25-,29-28-,32-31-. The van der Waals surface area contributed by atoms with Crippen molar-refractivity contribution in [2.45, 2.75) is 322 Å². The summed E-state index contributed by atoms with van der Waals surface area (Å²) in [6, 6.07) is 0. The molecule has 0 amide bonds. The fraction of sp³-hybridized carbons (Fsp3) is 0.776. The Morgan fingerprint density at radius 2 is 0.507 bits per heavy atom. The minimum absolute atomic E-state index is 0.0810. The Morgan fingerprint density at radius 3 is 0.849 bits per heavy atom. The summed E-state index contributed by atoms with van der Waals surface area (Å²) in [5.74, 6) is -0.890. The predicted octanol–water partition coefficient (Wildman–Crippen LogP) is 21.3. The first-order valence-corrected chi connectivity index (χ1v) is 31.4. The van der Waals surface area contributed by atoms with E-state index in [0.29, 0.717) is 19.3 Å². The predicted molar refractivity (Wildman–Crippen MR) is 316 cm³/mol. The van der Waals surface area contributed by atoms with Crippen molar-refractivity contribution in [3.63, 3.8) is 0 Å². The van der Waals surface area contributed by atoms with E-state index < -0.39 is 6.10 Å². The van der Waals surface area contributed by atoms with Gasteiger partial charge >= 0.3 is 17.9 Å². The van der Waals surface area contributed by atoms with E-state index in [4.69, 9.17) is 14.2 Å². The second kappa shape index (κ2) is 61.4. The van der Waals surface area contributed by atoms with Gasteiger partial charge in [0, 0.05) is 19.3 Å². The molecule has 0 aromatic rings.